The summed E-state index contributed by atoms with van der Waals surface area (Å²) in [6.07, 6.45) is 3.93. The van der Waals surface area contributed by atoms with E-state index in [0.717, 1.165) is 32.4 Å². The maximum atomic E-state index is 11.2. The summed E-state index contributed by atoms with van der Waals surface area (Å²) in [7, 11) is 0. The Balaban J connectivity index is 1.77. The summed E-state index contributed by atoms with van der Waals surface area (Å²) in [6.45, 7) is 5.27. The molecule has 0 spiro atoms. The summed E-state index contributed by atoms with van der Waals surface area (Å²) in [6, 6.07) is 0.462. The standard InChI is InChI=1S/C11H22N2O2/c1-2-6-12-7-9-15-8-5-11(14)13-10-3-4-10/h10,12H,2-9H2,1H3,(H,13,14). The quantitative estimate of drug-likeness (QED) is 0.555. The first-order valence-corrected chi connectivity index (χ1v) is 5.90. The minimum Gasteiger partial charge on any atom is -0.380 e. The molecule has 15 heavy (non-hydrogen) atoms. The molecule has 1 aliphatic rings. The first-order valence-electron chi connectivity index (χ1n) is 5.90. The van der Waals surface area contributed by atoms with E-state index < -0.39 is 0 Å². The monoisotopic (exact) mass is 214 g/mol. The summed E-state index contributed by atoms with van der Waals surface area (Å²) < 4.78 is 5.33. The Morgan fingerprint density at radius 3 is 2.80 bits per heavy atom. The van der Waals surface area contributed by atoms with E-state index >= 15 is 0 Å². The number of hydrogen-bond donors (Lipinski definition) is 2. The SMILES string of the molecule is CCCNCCOCCC(=O)NC1CC1. The van der Waals surface area contributed by atoms with Gasteiger partial charge in [0.15, 0.2) is 0 Å². The topological polar surface area (TPSA) is 50.4 Å². The predicted octanol–water partition coefficient (Wildman–Crippen LogP) is 0.671. The summed E-state index contributed by atoms with van der Waals surface area (Å²) >= 11 is 0. The highest BCUT2D eigenvalue weighted by molar-refractivity contribution is 5.76. The second-order valence-electron chi connectivity index (χ2n) is 3.95. The molecule has 0 unspecified atom stereocenters. The molecule has 0 heterocycles. The highest BCUT2D eigenvalue weighted by Gasteiger charge is 2.22. The molecule has 0 bridgehead atoms. The fraction of sp³-hybridized carbons (Fsp3) is 0.909. The first kappa shape index (κ1) is 12.5. The number of carbonyl (C=O) groups excluding carboxylic acids is 1. The molecule has 1 saturated carbocycles. The van der Waals surface area contributed by atoms with Crippen molar-refractivity contribution in [2.75, 3.05) is 26.3 Å². The summed E-state index contributed by atoms with van der Waals surface area (Å²) in [5.41, 5.74) is 0. The molecule has 1 rings (SSSR count). The molecule has 88 valence electrons. The average molecular weight is 214 g/mol. The molecule has 4 heteroatoms. The van der Waals surface area contributed by atoms with E-state index in [1.165, 1.54) is 0 Å². The smallest absolute Gasteiger partial charge is 0.222 e. The number of carbonyl (C=O) groups is 1. The van der Waals surface area contributed by atoms with Gasteiger partial charge in [-0.2, -0.15) is 0 Å². The third-order valence-corrected chi connectivity index (χ3v) is 2.27. The van der Waals surface area contributed by atoms with E-state index in [1.54, 1.807) is 0 Å². The van der Waals surface area contributed by atoms with Gasteiger partial charge in [0, 0.05) is 19.0 Å². The molecule has 0 aromatic heterocycles. The van der Waals surface area contributed by atoms with Crippen LogP contribution in [0.1, 0.15) is 32.6 Å². The molecular weight excluding hydrogens is 192 g/mol. The molecule has 1 fully saturated rings. The molecule has 4 nitrogen and oxygen atoms in total. The van der Waals surface area contributed by atoms with Crippen molar-refractivity contribution >= 4 is 5.91 Å². The van der Waals surface area contributed by atoms with Gasteiger partial charge in [0.2, 0.25) is 5.91 Å². The van der Waals surface area contributed by atoms with Gasteiger partial charge in [-0.15, -0.1) is 0 Å². The zero-order valence-corrected chi connectivity index (χ0v) is 9.55. The Hall–Kier alpha value is -0.610. The maximum Gasteiger partial charge on any atom is 0.222 e. The van der Waals surface area contributed by atoms with Crippen LogP contribution in [0.4, 0.5) is 0 Å². The summed E-state index contributed by atoms with van der Waals surface area (Å²) in [5.74, 6) is 0.124. The molecular formula is C11H22N2O2. The van der Waals surface area contributed by atoms with Crippen molar-refractivity contribution in [3.63, 3.8) is 0 Å². The van der Waals surface area contributed by atoms with Crippen molar-refractivity contribution in [3.05, 3.63) is 0 Å². The van der Waals surface area contributed by atoms with Crippen molar-refractivity contribution in [1.82, 2.24) is 10.6 Å². The van der Waals surface area contributed by atoms with Gasteiger partial charge in [0.05, 0.1) is 13.2 Å². The number of nitrogens with one attached hydrogen (secondary N) is 2. The van der Waals surface area contributed by atoms with Gasteiger partial charge in [-0.1, -0.05) is 6.92 Å². The van der Waals surface area contributed by atoms with Crippen LogP contribution in [0.3, 0.4) is 0 Å². The number of rotatable bonds is 9. The fourth-order valence-electron chi connectivity index (χ4n) is 1.24. The van der Waals surface area contributed by atoms with Crippen molar-refractivity contribution in [2.45, 2.75) is 38.6 Å². The normalized spacial score (nSPS) is 15.3. The second kappa shape index (κ2) is 7.65. The van der Waals surface area contributed by atoms with Crippen LogP contribution in [0, 0.1) is 0 Å². The van der Waals surface area contributed by atoms with Gasteiger partial charge in [-0.3, -0.25) is 4.79 Å². The molecule has 0 atom stereocenters. The van der Waals surface area contributed by atoms with Crippen LogP contribution in [0.25, 0.3) is 0 Å². The Morgan fingerprint density at radius 1 is 1.33 bits per heavy atom. The molecule has 1 amide bonds. The van der Waals surface area contributed by atoms with Crippen LogP contribution in [0.15, 0.2) is 0 Å². The van der Waals surface area contributed by atoms with Gasteiger partial charge in [-0.25, -0.2) is 0 Å². The van der Waals surface area contributed by atoms with Crippen molar-refractivity contribution < 1.29 is 9.53 Å². The van der Waals surface area contributed by atoms with E-state index in [0.29, 0.717) is 25.7 Å². The molecule has 0 aromatic carbocycles. The number of amides is 1. The molecule has 0 aromatic rings. The van der Waals surface area contributed by atoms with Crippen LogP contribution in [-0.4, -0.2) is 38.3 Å². The molecule has 0 radical (unpaired) electrons. The predicted molar refractivity (Wildman–Crippen MR) is 59.8 cm³/mol. The third kappa shape index (κ3) is 7.33. The largest absolute Gasteiger partial charge is 0.380 e. The maximum absolute atomic E-state index is 11.2. The van der Waals surface area contributed by atoms with Gasteiger partial charge in [-0.05, 0) is 25.8 Å². The Bertz CT molecular complexity index is 181. The molecule has 2 N–H and O–H groups in total. The van der Waals surface area contributed by atoms with E-state index in [-0.39, 0.29) is 5.91 Å². The van der Waals surface area contributed by atoms with E-state index in [2.05, 4.69) is 17.6 Å². The highest BCUT2D eigenvalue weighted by atomic mass is 16.5. The highest BCUT2D eigenvalue weighted by Crippen LogP contribution is 2.18. The van der Waals surface area contributed by atoms with Crippen molar-refractivity contribution in [2.24, 2.45) is 0 Å². The Kier molecular flexibility index (Phi) is 6.36. The zero-order chi connectivity index (χ0) is 10.9. The fourth-order valence-corrected chi connectivity index (χ4v) is 1.24. The summed E-state index contributed by atoms with van der Waals surface area (Å²) in [5, 5.41) is 6.17. The van der Waals surface area contributed by atoms with Crippen LogP contribution in [-0.2, 0) is 9.53 Å². The lowest BCUT2D eigenvalue weighted by atomic mass is 10.4. The summed E-state index contributed by atoms with van der Waals surface area (Å²) in [4.78, 5) is 11.2. The number of hydrogen-bond acceptors (Lipinski definition) is 3. The molecule has 1 aliphatic carbocycles. The lowest BCUT2D eigenvalue weighted by Gasteiger charge is -2.05. The molecule has 0 aliphatic heterocycles. The minimum absolute atomic E-state index is 0.124. The van der Waals surface area contributed by atoms with Crippen molar-refractivity contribution in [3.8, 4) is 0 Å². The van der Waals surface area contributed by atoms with Gasteiger partial charge in [0.1, 0.15) is 0 Å². The molecule has 0 saturated heterocycles. The van der Waals surface area contributed by atoms with Gasteiger partial charge >= 0.3 is 0 Å². The van der Waals surface area contributed by atoms with E-state index in [1.807, 2.05) is 0 Å². The van der Waals surface area contributed by atoms with Crippen LogP contribution in [0.2, 0.25) is 0 Å². The van der Waals surface area contributed by atoms with Gasteiger partial charge in [0.25, 0.3) is 0 Å². The van der Waals surface area contributed by atoms with E-state index in [4.69, 9.17) is 4.74 Å². The van der Waals surface area contributed by atoms with Crippen LogP contribution < -0.4 is 10.6 Å². The van der Waals surface area contributed by atoms with E-state index in [9.17, 15) is 4.79 Å². The van der Waals surface area contributed by atoms with Crippen molar-refractivity contribution in [1.29, 1.82) is 0 Å². The average Bonchev–Trinajstić information content (AvgIpc) is 3.00. The number of ether oxygens (including phenoxy) is 1. The lowest BCUT2D eigenvalue weighted by molar-refractivity contribution is -0.122. The van der Waals surface area contributed by atoms with Crippen LogP contribution in [0.5, 0.6) is 0 Å². The third-order valence-electron chi connectivity index (χ3n) is 2.27. The first-order chi connectivity index (χ1) is 7.33. The lowest BCUT2D eigenvalue weighted by Crippen LogP contribution is -2.27. The minimum atomic E-state index is 0.124. The Morgan fingerprint density at radius 2 is 2.13 bits per heavy atom. The second-order valence-corrected chi connectivity index (χ2v) is 3.95. The van der Waals surface area contributed by atoms with Gasteiger partial charge < -0.3 is 15.4 Å². The van der Waals surface area contributed by atoms with Crippen LogP contribution >= 0.6 is 0 Å². The Labute approximate surface area is 91.8 Å². The zero-order valence-electron chi connectivity index (χ0n) is 9.55.